The third-order valence-corrected chi connectivity index (χ3v) is 2.74. The second kappa shape index (κ2) is 4.73. The summed E-state index contributed by atoms with van der Waals surface area (Å²) in [6.07, 6.45) is -1.35. The molecule has 1 unspecified atom stereocenters. The molecule has 1 aliphatic rings. The largest absolute Gasteiger partial charge is 0.488 e. The molecule has 1 heterocycles. The van der Waals surface area contributed by atoms with E-state index >= 15 is 0 Å². The molecule has 1 aromatic rings. The standard InChI is InChI=1S/C12H15NO4/c1-13-6-10(7-13)17-9-4-2-3-8(5-9)11(14)12(15)16/h2-5,10-11,14H,6-7H2,1H3,(H,15,16). The first-order chi connectivity index (χ1) is 8.06. The van der Waals surface area contributed by atoms with E-state index in [0.29, 0.717) is 11.3 Å². The van der Waals surface area contributed by atoms with Crippen LogP contribution in [0.15, 0.2) is 24.3 Å². The van der Waals surface area contributed by atoms with Crippen LogP contribution in [0.25, 0.3) is 0 Å². The second-order valence-electron chi connectivity index (χ2n) is 4.27. The summed E-state index contributed by atoms with van der Waals surface area (Å²) in [5.41, 5.74) is 0.336. The average molecular weight is 237 g/mol. The number of likely N-dealkylation sites (N-methyl/N-ethyl adjacent to an activating group) is 1. The maximum atomic E-state index is 10.6. The summed E-state index contributed by atoms with van der Waals surface area (Å²) in [5.74, 6) is -0.661. The third kappa shape index (κ3) is 2.75. The van der Waals surface area contributed by atoms with Crippen molar-refractivity contribution in [1.29, 1.82) is 0 Å². The molecule has 0 saturated carbocycles. The van der Waals surface area contributed by atoms with Crippen LogP contribution in [0.4, 0.5) is 0 Å². The Morgan fingerprint density at radius 1 is 1.53 bits per heavy atom. The molecule has 0 aliphatic carbocycles. The molecule has 2 N–H and O–H groups in total. The predicted octanol–water partition coefficient (Wildman–Crippen LogP) is 0.497. The highest BCUT2D eigenvalue weighted by molar-refractivity contribution is 5.74. The van der Waals surface area contributed by atoms with Crippen LogP contribution in [0.1, 0.15) is 11.7 Å². The summed E-state index contributed by atoms with van der Waals surface area (Å²) in [6, 6.07) is 6.57. The number of hydrogen-bond donors (Lipinski definition) is 2. The van der Waals surface area contributed by atoms with E-state index in [1.165, 1.54) is 0 Å². The van der Waals surface area contributed by atoms with Gasteiger partial charge in [0.05, 0.1) is 0 Å². The number of carboxylic acid groups (broad SMARTS) is 1. The molecule has 0 bridgehead atoms. The summed E-state index contributed by atoms with van der Waals surface area (Å²) in [4.78, 5) is 12.8. The topological polar surface area (TPSA) is 70.0 Å². The molecule has 1 aromatic carbocycles. The maximum Gasteiger partial charge on any atom is 0.337 e. The zero-order valence-corrected chi connectivity index (χ0v) is 9.54. The highest BCUT2D eigenvalue weighted by atomic mass is 16.5. The number of likely N-dealkylation sites (tertiary alicyclic amines) is 1. The lowest BCUT2D eigenvalue weighted by molar-refractivity contribution is -0.146. The number of rotatable bonds is 4. The van der Waals surface area contributed by atoms with Gasteiger partial charge in [-0.1, -0.05) is 12.1 Å². The van der Waals surface area contributed by atoms with Crippen molar-refractivity contribution in [2.75, 3.05) is 20.1 Å². The minimum atomic E-state index is -1.50. The lowest BCUT2D eigenvalue weighted by Gasteiger charge is -2.36. The van der Waals surface area contributed by atoms with Gasteiger partial charge in [0, 0.05) is 13.1 Å². The first-order valence-electron chi connectivity index (χ1n) is 5.42. The van der Waals surface area contributed by atoms with Crippen LogP contribution in [0.2, 0.25) is 0 Å². The molecule has 5 nitrogen and oxygen atoms in total. The van der Waals surface area contributed by atoms with Gasteiger partial charge in [-0.15, -0.1) is 0 Å². The van der Waals surface area contributed by atoms with E-state index in [-0.39, 0.29) is 6.10 Å². The van der Waals surface area contributed by atoms with Gasteiger partial charge in [0.2, 0.25) is 0 Å². The molecule has 1 aliphatic heterocycles. The molecule has 0 amide bonds. The number of aliphatic hydroxyl groups is 1. The Morgan fingerprint density at radius 2 is 2.24 bits per heavy atom. The molecular weight excluding hydrogens is 222 g/mol. The van der Waals surface area contributed by atoms with Crippen molar-refractivity contribution in [1.82, 2.24) is 4.90 Å². The smallest absolute Gasteiger partial charge is 0.337 e. The molecule has 2 rings (SSSR count). The fourth-order valence-corrected chi connectivity index (χ4v) is 1.81. The highest BCUT2D eigenvalue weighted by Crippen LogP contribution is 2.22. The number of carbonyl (C=O) groups is 1. The Kier molecular flexibility index (Phi) is 3.31. The monoisotopic (exact) mass is 237 g/mol. The van der Waals surface area contributed by atoms with Crippen molar-refractivity contribution in [3.8, 4) is 5.75 Å². The number of carboxylic acids is 1. The Balaban J connectivity index is 2.03. The maximum absolute atomic E-state index is 10.6. The van der Waals surface area contributed by atoms with E-state index < -0.39 is 12.1 Å². The number of aliphatic carboxylic acids is 1. The van der Waals surface area contributed by atoms with Gasteiger partial charge in [0.25, 0.3) is 0 Å². The van der Waals surface area contributed by atoms with Gasteiger partial charge < -0.3 is 14.9 Å². The van der Waals surface area contributed by atoms with Crippen LogP contribution >= 0.6 is 0 Å². The normalized spacial score (nSPS) is 18.5. The van der Waals surface area contributed by atoms with Crippen molar-refractivity contribution < 1.29 is 19.7 Å². The molecule has 17 heavy (non-hydrogen) atoms. The Labute approximate surface area is 99.2 Å². The predicted molar refractivity (Wildman–Crippen MR) is 61.0 cm³/mol. The quantitative estimate of drug-likeness (QED) is 0.798. The van der Waals surface area contributed by atoms with Crippen molar-refractivity contribution in [2.24, 2.45) is 0 Å². The summed E-state index contributed by atoms with van der Waals surface area (Å²) in [6.45, 7) is 1.73. The van der Waals surface area contributed by atoms with E-state index in [9.17, 15) is 9.90 Å². The summed E-state index contributed by atoms with van der Waals surface area (Å²) in [5, 5.41) is 18.1. The minimum absolute atomic E-state index is 0.150. The average Bonchev–Trinajstić information content (AvgIpc) is 2.26. The molecule has 5 heteroatoms. The van der Waals surface area contributed by atoms with Gasteiger partial charge in [0.1, 0.15) is 11.9 Å². The molecular formula is C12H15NO4. The third-order valence-electron chi connectivity index (χ3n) is 2.74. The van der Waals surface area contributed by atoms with Crippen molar-refractivity contribution in [3.05, 3.63) is 29.8 Å². The summed E-state index contributed by atoms with van der Waals surface area (Å²) < 4.78 is 5.65. The lowest BCUT2D eigenvalue weighted by atomic mass is 10.1. The summed E-state index contributed by atoms with van der Waals surface area (Å²) in [7, 11) is 2.00. The van der Waals surface area contributed by atoms with Crippen LogP contribution in [0, 0.1) is 0 Å². The van der Waals surface area contributed by atoms with E-state index in [0.717, 1.165) is 13.1 Å². The van der Waals surface area contributed by atoms with Gasteiger partial charge in [0.15, 0.2) is 6.10 Å². The summed E-state index contributed by atoms with van der Waals surface area (Å²) >= 11 is 0. The second-order valence-corrected chi connectivity index (χ2v) is 4.27. The minimum Gasteiger partial charge on any atom is -0.488 e. The van der Waals surface area contributed by atoms with Gasteiger partial charge >= 0.3 is 5.97 Å². The Bertz CT molecular complexity index is 415. The Hall–Kier alpha value is -1.59. The van der Waals surface area contributed by atoms with Gasteiger partial charge in [-0.3, -0.25) is 4.90 Å². The van der Waals surface area contributed by atoms with E-state index in [1.807, 2.05) is 7.05 Å². The van der Waals surface area contributed by atoms with Crippen LogP contribution in [0.3, 0.4) is 0 Å². The molecule has 1 fully saturated rings. The van der Waals surface area contributed by atoms with Crippen molar-refractivity contribution in [3.63, 3.8) is 0 Å². The molecule has 0 spiro atoms. The Morgan fingerprint density at radius 3 is 2.82 bits per heavy atom. The van der Waals surface area contributed by atoms with Crippen molar-refractivity contribution in [2.45, 2.75) is 12.2 Å². The first-order valence-corrected chi connectivity index (χ1v) is 5.42. The molecule has 1 saturated heterocycles. The molecule has 92 valence electrons. The fourth-order valence-electron chi connectivity index (χ4n) is 1.81. The van der Waals surface area contributed by atoms with Crippen LogP contribution in [-0.4, -0.2) is 47.3 Å². The SMILES string of the molecule is CN1CC(Oc2cccc(C(O)C(=O)O)c2)C1. The number of ether oxygens (including phenoxy) is 1. The van der Waals surface area contributed by atoms with Crippen molar-refractivity contribution >= 4 is 5.97 Å². The van der Waals surface area contributed by atoms with Crippen LogP contribution in [0.5, 0.6) is 5.75 Å². The molecule has 0 aromatic heterocycles. The van der Waals surface area contributed by atoms with Crippen LogP contribution in [-0.2, 0) is 4.79 Å². The number of benzene rings is 1. The van der Waals surface area contributed by atoms with Gasteiger partial charge in [-0.2, -0.15) is 0 Å². The first kappa shape index (κ1) is 11.9. The zero-order valence-electron chi connectivity index (χ0n) is 9.54. The number of nitrogens with zero attached hydrogens (tertiary/aromatic N) is 1. The highest BCUT2D eigenvalue weighted by Gasteiger charge is 2.25. The molecule has 1 atom stereocenters. The van der Waals surface area contributed by atoms with E-state index in [2.05, 4.69) is 4.90 Å². The van der Waals surface area contributed by atoms with Gasteiger partial charge in [-0.05, 0) is 24.7 Å². The number of aliphatic hydroxyl groups excluding tert-OH is 1. The number of hydrogen-bond acceptors (Lipinski definition) is 4. The lowest BCUT2D eigenvalue weighted by Crippen LogP contribution is -2.51. The fraction of sp³-hybridized carbons (Fsp3) is 0.417. The van der Waals surface area contributed by atoms with Crippen LogP contribution < -0.4 is 4.74 Å². The zero-order chi connectivity index (χ0) is 12.4. The molecule has 0 radical (unpaired) electrons. The van der Waals surface area contributed by atoms with E-state index in [4.69, 9.17) is 9.84 Å². The van der Waals surface area contributed by atoms with Gasteiger partial charge in [-0.25, -0.2) is 4.79 Å². The van der Waals surface area contributed by atoms with E-state index in [1.54, 1.807) is 24.3 Å².